The van der Waals surface area contributed by atoms with Crippen molar-refractivity contribution >= 4 is 17.6 Å². The van der Waals surface area contributed by atoms with Gasteiger partial charge in [-0.25, -0.2) is 0 Å². The molecule has 0 aliphatic rings. The Balaban J connectivity index is 2.96. The van der Waals surface area contributed by atoms with Gasteiger partial charge >= 0.3 is 0 Å². The van der Waals surface area contributed by atoms with E-state index in [9.17, 15) is 14.4 Å². The second kappa shape index (κ2) is 7.61. The number of ketones is 1. The predicted octanol–water partition coefficient (Wildman–Crippen LogP) is 1.34. The molecule has 0 aliphatic heterocycles. The van der Waals surface area contributed by atoms with E-state index in [1.165, 1.54) is 6.92 Å². The summed E-state index contributed by atoms with van der Waals surface area (Å²) in [4.78, 5) is 38.3. The van der Waals surface area contributed by atoms with Gasteiger partial charge in [0.1, 0.15) is 5.69 Å². The number of nitrogens with one attached hydrogen (secondary N) is 3. The van der Waals surface area contributed by atoms with Crippen molar-refractivity contribution in [3.05, 3.63) is 22.5 Å². The smallest absolute Gasteiger partial charge is 0.268 e. The molecular weight excluding hydrogens is 270 g/mol. The highest BCUT2D eigenvalue weighted by Gasteiger charge is 2.22. The van der Waals surface area contributed by atoms with Crippen molar-refractivity contribution in [1.29, 1.82) is 0 Å². The van der Waals surface area contributed by atoms with Crippen LogP contribution in [0.2, 0.25) is 0 Å². The quantitative estimate of drug-likeness (QED) is 0.663. The van der Waals surface area contributed by atoms with Gasteiger partial charge in [-0.1, -0.05) is 13.3 Å². The van der Waals surface area contributed by atoms with Crippen molar-refractivity contribution in [2.75, 3.05) is 13.1 Å². The third-order valence-corrected chi connectivity index (χ3v) is 3.15. The molecule has 1 aromatic rings. The van der Waals surface area contributed by atoms with E-state index in [1.807, 2.05) is 13.8 Å². The van der Waals surface area contributed by atoms with Crippen molar-refractivity contribution in [3.63, 3.8) is 0 Å². The summed E-state index contributed by atoms with van der Waals surface area (Å²) >= 11 is 0. The Labute approximate surface area is 124 Å². The highest BCUT2D eigenvalue weighted by atomic mass is 16.2. The third-order valence-electron chi connectivity index (χ3n) is 3.15. The maximum absolute atomic E-state index is 12.2. The van der Waals surface area contributed by atoms with Gasteiger partial charge in [0.25, 0.3) is 5.91 Å². The second-order valence-electron chi connectivity index (χ2n) is 4.92. The summed E-state index contributed by atoms with van der Waals surface area (Å²) in [6.07, 6.45) is 1.47. The van der Waals surface area contributed by atoms with Gasteiger partial charge in [-0.3, -0.25) is 14.4 Å². The number of hydrogen-bond acceptors (Lipinski definition) is 3. The minimum atomic E-state index is -0.361. The first kappa shape index (κ1) is 16.9. The summed E-state index contributed by atoms with van der Waals surface area (Å²) < 4.78 is 0. The zero-order valence-corrected chi connectivity index (χ0v) is 13.1. The van der Waals surface area contributed by atoms with Crippen LogP contribution in [0.4, 0.5) is 0 Å². The molecule has 2 amide bonds. The SMILES string of the molecule is CCCc1c(C(=O)NCC(=O)NCC)[nH]c(C)c1C(C)=O. The van der Waals surface area contributed by atoms with Gasteiger partial charge < -0.3 is 15.6 Å². The average Bonchev–Trinajstić information content (AvgIpc) is 2.74. The van der Waals surface area contributed by atoms with Gasteiger partial charge in [0.05, 0.1) is 6.54 Å². The van der Waals surface area contributed by atoms with E-state index in [4.69, 9.17) is 0 Å². The first-order valence-electron chi connectivity index (χ1n) is 7.19. The molecule has 6 nitrogen and oxygen atoms in total. The Morgan fingerprint density at radius 1 is 1.14 bits per heavy atom. The Morgan fingerprint density at radius 3 is 2.33 bits per heavy atom. The lowest BCUT2D eigenvalue weighted by molar-refractivity contribution is -0.120. The van der Waals surface area contributed by atoms with Crippen LogP contribution in [0, 0.1) is 6.92 Å². The summed E-state index contributed by atoms with van der Waals surface area (Å²) in [5.41, 5.74) is 2.38. The molecule has 6 heteroatoms. The van der Waals surface area contributed by atoms with Gasteiger partial charge in [0.2, 0.25) is 5.91 Å². The number of Topliss-reactive ketones (excluding diaryl/α,β-unsaturated/α-hetero) is 1. The van der Waals surface area contributed by atoms with E-state index in [0.717, 1.165) is 12.0 Å². The van der Waals surface area contributed by atoms with Gasteiger partial charge in [0.15, 0.2) is 5.78 Å². The number of aryl methyl sites for hydroxylation is 1. The topological polar surface area (TPSA) is 91.1 Å². The van der Waals surface area contributed by atoms with Crippen molar-refractivity contribution in [1.82, 2.24) is 15.6 Å². The van der Waals surface area contributed by atoms with Gasteiger partial charge in [-0.2, -0.15) is 0 Å². The normalized spacial score (nSPS) is 10.3. The van der Waals surface area contributed by atoms with E-state index in [2.05, 4.69) is 15.6 Å². The summed E-state index contributed by atoms with van der Waals surface area (Å²) in [6.45, 7) is 7.51. The number of rotatable bonds is 7. The van der Waals surface area contributed by atoms with E-state index in [0.29, 0.717) is 29.9 Å². The number of aromatic nitrogens is 1. The molecule has 1 aromatic heterocycles. The minimum Gasteiger partial charge on any atom is -0.355 e. The number of aromatic amines is 1. The Hall–Kier alpha value is -2.11. The number of likely N-dealkylation sites (N-methyl/N-ethyl adjacent to an activating group) is 1. The standard InChI is InChI=1S/C15H23N3O3/c1-5-7-11-13(10(4)19)9(3)18-14(11)15(21)17-8-12(20)16-6-2/h18H,5-8H2,1-4H3,(H,16,20)(H,17,21). The van der Waals surface area contributed by atoms with Crippen LogP contribution in [0.3, 0.4) is 0 Å². The van der Waals surface area contributed by atoms with Crippen LogP contribution in [-0.4, -0.2) is 35.7 Å². The van der Waals surface area contributed by atoms with E-state index >= 15 is 0 Å². The Kier molecular flexibility index (Phi) is 6.14. The van der Waals surface area contributed by atoms with Gasteiger partial charge in [-0.05, 0) is 32.8 Å². The molecule has 0 spiro atoms. The Morgan fingerprint density at radius 2 is 1.81 bits per heavy atom. The van der Waals surface area contributed by atoms with Crippen LogP contribution in [0.25, 0.3) is 0 Å². The fourth-order valence-corrected chi connectivity index (χ4v) is 2.36. The molecule has 0 atom stereocenters. The van der Waals surface area contributed by atoms with E-state index < -0.39 is 0 Å². The van der Waals surface area contributed by atoms with Crippen LogP contribution >= 0.6 is 0 Å². The first-order chi connectivity index (χ1) is 9.92. The maximum Gasteiger partial charge on any atom is 0.268 e. The Bertz CT molecular complexity index is 547. The molecule has 0 bridgehead atoms. The highest BCUT2D eigenvalue weighted by molar-refractivity contribution is 6.03. The van der Waals surface area contributed by atoms with Crippen LogP contribution in [-0.2, 0) is 11.2 Å². The summed E-state index contributed by atoms with van der Waals surface area (Å²) in [5.74, 6) is -0.659. The molecule has 0 radical (unpaired) electrons. The van der Waals surface area contributed by atoms with Crippen LogP contribution in [0.1, 0.15) is 59.3 Å². The molecule has 21 heavy (non-hydrogen) atoms. The number of amides is 2. The maximum atomic E-state index is 12.2. The first-order valence-corrected chi connectivity index (χ1v) is 7.19. The summed E-state index contributed by atoms with van der Waals surface area (Å²) in [5, 5.41) is 5.18. The molecule has 0 aromatic carbocycles. The lowest BCUT2D eigenvalue weighted by Crippen LogP contribution is -2.37. The highest BCUT2D eigenvalue weighted by Crippen LogP contribution is 2.21. The van der Waals surface area contributed by atoms with E-state index in [-0.39, 0.29) is 24.1 Å². The average molecular weight is 293 g/mol. The van der Waals surface area contributed by atoms with Gasteiger partial charge in [-0.15, -0.1) is 0 Å². The molecular formula is C15H23N3O3. The van der Waals surface area contributed by atoms with Crippen molar-refractivity contribution in [2.45, 2.75) is 40.5 Å². The molecule has 0 fully saturated rings. The number of hydrogen-bond donors (Lipinski definition) is 3. The van der Waals surface area contributed by atoms with Crippen molar-refractivity contribution in [2.24, 2.45) is 0 Å². The molecule has 0 saturated carbocycles. The second-order valence-corrected chi connectivity index (χ2v) is 4.92. The molecule has 0 unspecified atom stereocenters. The summed E-state index contributed by atoms with van der Waals surface area (Å²) in [6, 6.07) is 0. The van der Waals surface area contributed by atoms with Crippen LogP contribution < -0.4 is 10.6 Å². The summed E-state index contributed by atoms with van der Waals surface area (Å²) in [7, 11) is 0. The van der Waals surface area contributed by atoms with Crippen LogP contribution in [0.5, 0.6) is 0 Å². The minimum absolute atomic E-state index is 0.0602. The zero-order valence-electron chi connectivity index (χ0n) is 13.1. The fraction of sp³-hybridized carbons (Fsp3) is 0.533. The van der Waals surface area contributed by atoms with Crippen molar-refractivity contribution in [3.8, 4) is 0 Å². The largest absolute Gasteiger partial charge is 0.355 e. The molecule has 0 saturated heterocycles. The zero-order chi connectivity index (χ0) is 16.0. The lowest BCUT2D eigenvalue weighted by atomic mass is 10.0. The van der Waals surface area contributed by atoms with E-state index in [1.54, 1.807) is 6.92 Å². The lowest BCUT2D eigenvalue weighted by Gasteiger charge is -2.07. The predicted molar refractivity (Wildman–Crippen MR) is 80.5 cm³/mol. The monoisotopic (exact) mass is 293 g/mol. The van der Waals surface area contributed by atoms with Crippen molar-refractivity contribution < 1.29 is 14.4 Å². The molecule has 3 N–H and O–H groups in total. The number of carbonyl (C=O) groups excluding carboxylic acids is 3. The number of H-pyrrole nitrogens is 1. The van der Waals surface area contributed by atoms with Crippen LogP contribution in [0.15, 0.2) is 0 Å². The molecule has 116 valence electrons. The van der Waals surface area contributed by atoms with Gasteiger partial charge in [0, 0.05) is 17.8 Å². The number of carbonyl (C=O) groups is 3. The molecule has 1 rings (SSSR count). The molecule has 1 heterocycles. The fourth-order valence-electron chi connectivity index (χ4n) is 2.36. The molecule has 0 aliphatic carbocycles. The third kappa shape index (κ3) is 4.18.